The summed E-state index contributed by atoms with van der Waals surface area (Å²) in [4.78, 5) is 20.8. The third-order valence-corrected chi connectivity index (χ3v) is 6.01. The molecule has 2 aromatic carbocycles. The predicted molar refractivity (Wildman–Crippen MR) is 117 cm³/mol. The molecule has 176 valence electrons. The molecule has 0 aliphatic rings. The van der Waals surface area contributed by atoms with Crippen LogP contribution < -0.4 is 10.9 Å². The molecule has 4 N–H and O–H groups in total. The van der Waals surface area contributed by atoms with Crippen molar-refractivity contribution in [3.8, 4) is 11.4 Å². The number of fused-ring (bicyclic) bond motifs is 3. The molecule has 9 nitrogen and oxygen atoms in total. The van der Waals surface area contributed by atoms with Crippen LogP contribution in [-0.2, 0) is 6.18 Å². The van der Waals surface area contributed by atoms with Gasteiger partial charge >= 0.3 is 6.18 Å². The van der Waals surface area contributed by atoms with Crippen molar-refractivity contribution in [1.29, 1.82) is 0 Å². The first-order valence-corrected chi connectivity index (χ1v) is 10.5. The van der Waals surface area contributed by atoms with Crippen LogP contribution in [0.25, 0.3) is 43.4 Å². The van der Waals surface area contributed by atoms with E-state index in [0.29, 0.717) is 11.5 Å². The van der Waals surface area contributed by atoms with Gasteiger partial charge in [0.25, 0.3) is 5.56 Å². The Morgan fingerprint density at radius 2 is 1.77 bits per heavy atom. The number of aromatic nitrogens is 7. The van der Waals surface area contributed by atoms with Gasteiger partial charge in [-0.1, -0.05) is 0 Å². The first kappa shape index (κ1) is 21.2. The Morgan fingerprint density at radius 1 is 0.943 bits per heavy atom. The van der Waals surface area contributed by atoms with Crippen molar-refractivity contribution < 1.29 is 22.0 Å². The molecule has 0 unspecified atom stereocenters. The SMILES string of the molecule is O=c1[nH][nH]c2cc(C(F)(F)F)c(-c3nc(Nc4n[nH]c5c(F)cc(F)cc45)c4cnsc4n3)cc12. The van der Waals surface area contributed by atoms with Crippen LogP contribution in [0.3, 0.4) is 0 Å². The molecule has 4 aromatic heterocycles. The van der Waals surface area contributed by atoms with Crippen LogP contribution in [0.5, 0.6) is 0 Å². The molecule has 4 heterocycles. The van der Waals surface area contributed by atoms with Gasteiger partial charge in [-0.2, -0.15) is 22.6 Å². The number of aromatic amines is 3. The maximum atomic E-state index is 14.1. The minimum absolute atomic E-state index is 0.00742. The normalized spacial score (nSPS) is 12.3. The van der Waals surface area contributed by atoms with E-state index in [1.807, 2.05) is 0 Å². The monoisotopic (exact) mass is 504 g/mol. The molecule has 0 radical (unpaired) electrons. The lowest BCUT2D eigenvalue weighted by atomic mass is 10.0. The number of H-pyrrole nitrogens is 3. The summed E-state index contributed by atoms with van der Waals surface area (Å²) in [6.07, 6.45) is -3.39. The van der Waals surface area contributed by atoms with Gasteiger partial charge in [-0.05, 0) is 29.7 Å². The Balaban J connectivity index is 1.57. The van der Waals surface area contributed by atoms with E-state index < -0.39 is 34.5 Å². The average Bonchev–Trinajstić information content (AvgIpc) is 3.52. The van der Waals surface area contributed by atoms with E-state index in [4.69, 9.17) is 0 Å². The third-order valence-electron chi connectivity index (χ3n) is 5.32. The Hall–Kier alpha value is -4.40. The van der Waals surface area contributed by atoms with Crippen molar-refractivity contribution in [3.05, 3.63) is 58.0 Å². The van der Waals surface area contributed by atoms with Gasteiger partial charge in [0.1, 0.15) is 22.0 Å². The smallest absolute Gasteiger partial charge is 0.322 e. The Kier molecular flexibility index (Phi) is 4.41. The van der Waals surface area contributed by atoms with E-state index in [1.165, 1.54) is 6.20 Å². The third kappa shape index (κ3) is 3.39. The number of alkyl halides is 3. The number of halogens is 5. The highest BCUT2D eigenvalue weighted by molar-refractivity contribution is 7.12. The fraction of sp³-hybridized carbons (Fsp3) is 0.0500. The van der Waals surface area contributed by atoms with Crippen LogP contribution in [0.4, 0.5) is 33.6 Å². The molecule has 0 spiro atoms. The zero-order valence-corrected chi connectivity index (χ0v) is 17.7. The van der Waals surface area contributed by atoms with Gasteiger partial charge in [-0.15, -0.1) is 0 Å². The minimum atomic E-state index is -4.79. The van der Waals surface area contributed by atoms with Gasteiger partial charge < -0.3 is 5.32 Å². The lowest BCUT2D eigenvalue weighted by molar-refractivity contribution is -0.137. The number of hydrogen-bond acceptors (Lipinski definition) is 7. The van der Waals surface area contributed by atoms with Crippen LogP contribution in [0.1, 0.15) is 5.56 Å². The molecule has 0 bridgehead atoms. The summed E-state index contributed by atoms with van der Waals surface area (Å²) in [6, 6.07) is 3.58. The predicted octanol–water partition coefficient (Wildman–Crippen LogP) is 4.84. The van der Waals surface area contributed by atoms with E-state index in [2.05, 4.69) is 40.1 Å². The zero-order valence-electron chi connectivity index (χ0n) is 16.9. The number of nitrogens with zero attached hydrogens (tertiary/aromatic N) is 4. The van der Waals surface area contributed by atoms with E-state index >= 15 is 0 Å². The molecule has 6 aromatic rings. The highest BCUT2D eigenvalue weighted by Crippen LogP contribution is 2.39. The summed E-state index contributed by atoms with van der Waals surface area (Å²) in [7, 11) is 0. The molecule has 35 heavy (non-hydrogen) atoms. The van der Waals surface area contributed by atoms with Gasteiger partial charge in [-0.3, -0.25) is 20.1 Å². The molecule has 0 atom stereocenters. The highest BCUT2D eigenvalue weighted by atomic mass is 32.1. The van der Waals surface area contributed by atoms with E-state index in [1.54, 1.807) is 0 Å². The largest absolute Gasteiger partial charge is 0.417 e. The minimum Gasteiger partial charge on any atom is -0.322 e. The highest BCUT2D eigenvalue weighted by Gasteiger charge is 2.35. The van der Waals surface area contributed by atoms with Gasteiger partial charge in [0, 0.05) is 11.6 Å². The molecule has 0 amide bonds. The number of hydrogen-bond donors (Lipinski definition) is 4. The standard InChI is InChI=1S/C20H9F5N8OS/c21-6-1-9-14(12(22)2-6)31-32-17(9)28-16-10-5-26-35-19(10)29-15(27-16)7-3-8-13(30-33-18(8)34)4-11(7)20(23,24)25/h1-5H,(H2,30,33,34)(H2,27,28,29,31,32). The topological polar surface area (TPSA) is 128 Å². The Bertz CT molecular complexity index is 1830. The van der Waals surface area contributed by atoms with Crippen molar-refractivity contribution >= 4 is 55.2 Å². The number of anilines is 2. The van der Waals surface area contributed by atoms with E-state index in [9.17, 15) is 26.7 Å². The summed E-state index contributed by atoms with van der Waals surface area (Å²) in [5.41, 5.74) is -2.21. The van der Waals surface area contributed by atoms with Crippen molar-refractivity contribution in [1.82, 2.24) is 34.7 Å². The van der Waals surface area contributed by atoms with Gasteiger partial charge in [-0.25, -0.2) is 18.7 Å². The molecule has 6 rings (SSSR count). The molecule has 0 aliphatic heterocycles. The van der Waals surface area contributed by atoms with Gasteiger partial charge in [0.15, 0.2) is 17.5 Å². The van der Waals surface area contributed by atoms with Gasteiger partial charge in [0.05, 0.1) is 33.4 Å². The second-order valence-electron chi connectivity index (χ2n) is 7.47. The number of rotatable bonds is 3. The average molecular weight is 504 g/mol. The van der Waals surface area contributed by atoms with Crippen LogP contribution >= 0.6 is 11.5 Å². The second kappa shape index (κ2) is 7.30. The first-order chi connectivity index (χ1) is 16.7. The Labute approximate surface area is 193 Å². The summed E-state index contributed by atoms with van der Waals surface area (Å²) in [5.74, 6) is -2.05. The van der Waals surface area contributed by atoms with E-state index in [-0.39, 0.29) is 44.1 Å². The number of benzene rings is 2. The summed E-state index contributed by atoms with van der Waals surface area (Å²) < 4.78 is 73.6. The molecule has 0 saturated carbocycles. The summed E-state index contributed by atoms with van der Waals surface area (Å²) >= 11 is 0.909. The fourth-order valence-corrected chi connectivity index (χ4v) is 4.37. The maximum Gasteiger partial charge on any atom is 0.417 e. The van der Waals surface area contributed by atoms with Crippen molar-refractivity contribution in [3.63, 3.8) is 0 Å². The molecule has 15 heteroatoms. The van der Waals surface area contributed by atoms with Crippen LogP contribution in [0.2, 0.25) is 0 Å². The lowest BCUT2D eigenvalue weighted by Crippen LogP contribution is -2.09. The van der Waals surface area contributed by atoms with Crippen molar-refractivity contribution in [2.45, 2.75) is 6.18 Å². The van der Waals surface area contributed by atoms with Crippen molar-refractivity contribution in [2.75, 3.05) is 5.32 Å². The second-order valence-corrected chi connectivity index (χ2v) is 8.25. The number of nitrogens with one attached hydrogen (secondary N) is 4. The molecule has 0 saturated heterocycles. The van der Waals surface area contributed by atoms with Crippen LogP contribution in [0.15, 0.2) is 35.3 Å². The fourth-order valence-electron chi connectivity index (χ4n) is 3.73. The zero-order chi connectivity index (χ0) is 24.5. The molecular weight excluding hydrogens is 495 g/mol. The molecular formula is C20H9F5N8OS. The first-order valence-electron chi connectivity index (χ1n) is 9.73. The van der Waals surface area contributed by atoms with Gasteiger partial charge in [0.2, 0.25) is 0 Å². The molecule has 0 fully saturated rings. The molecule has 0 aliphatic carbocycles. The maximum absolute atomic E-state index is 14.1. The lowest BCUT2D eigenvalue weighted by Gasteiger charge is -2.13. The summed E-state index contributed by atoms with van der Waals surface area (Å²) in [6.45, 7) is 0. The summed E-state index contributed by atoms with van der Waals surface area (Å²) in [5, 5.41) is 14.2. The van der Waals surface area contributed by atoms with E-state index in [0.717, 1.165) is 29.7 Å². The quantitative estimate of drug-likeness (QED) is 0.256. The van der Waals surface area contributed by atoms with Crippen LogP contribution in [0, 0.1) is 11.6 Å². The Morgan fingerprint density at radius 3 is 2.57 bits per heavy atom. The van der Waals surface area contributed by atoms with Crippen LogP contribution in [-0.4, -0.2) is 34.7 Å². The van der Waals surface area contributed by atoms with Crippen molar-refractivity contribution in [2.24, 2.45) is 0 Å².